The molecule has 0 bridgehead atoms. The number of hydrogen-bond acceptors (Lipinski definition) is 5. The van der Waals surface area contributed by atoms with Crippen LogP contribution in [0, 0.1) is 5.92 Å². The molecule has 1 saturated heterocycles. The summed E-state index contributed by atoms with van der Waals surface area (Å²) in [7, 11) is -2.94. The van der Waals surface area contributed by atoms with E-state index in [0.29, 0.717) is 18.9 Å². The minimum atomic E-state index is -2.94. The van der Waals surface area contributed by atoms with Crippen molar-refractivity contribution in [3.63, 3.8) is 0 Å². The van der Waals surface area contributed by atoms with Crippen molar-refractivity contribution < 1.29 is 17.9 Å². The molecule has 0 aromatic heterocycles. The zero-order chi connectivity index (χ0) is 22.4. The van der Waals surface area contributed by atoms with Crippen molar-refractivity contribution in [3.8, 4) is 5.75 Å². The molecule has 1 fully saturated rings. The summed E-state index contributed by atoms with van der Waals surface area (Å²) in [5.41, 5.74) is 0.450. The minimum absolute atomic E-state index is 0.0345. The van der Waals surface area contributed by atoms with E-state index in [4.69, 9.17) is 4.74 Å². The molecule has 1 aliphatic heterocycles. The van der Waals surface area contributed by atoms with Gasteiger partial charge in [0.1, 0.15) is 12.3 Å². The summed E-state index contributed by atoms with van der Waals surface area (Å²) in [6.07, 6.45) is 0.723. The highest BCUT2D eigenvalue weighted by molar-refractivity contribution is 7.91. The van der Waals surface area contributed by atoms with Gasteiger partial charge in [0, 0.05) is 17.8 Å². The third-order valence-electron chi connectivity index (χ3n) is 4.27. The molecule has 3 N–H and O–H groups in total. The Hall–Kier alpha value is -2.29. The highest BCUT2D eigenvalue weighted by Gasteiger charge is 2.27. The molecule has 1 atom stereocenters. The van der Waals surface area contributed by atoms with Crippen LogP contribution in [-0.4, -0.2) is 56.5 Å². The second-order valence-corrected chi connectivity index (χ2v) is 11.2. The Kier molecular flexibility index (Phi) is 8.11. The molecule has 2 rings (SSSR count). The van der Waals surface area contributed by atoms with Crippen LogP contribution in [0.4, 0.5) is 5.69 Å². The van der Waals surface area contributed by atoms with Gasteiger partial charge in [0.15, 0.2) is 15.8 Å². The molecule has 0 aliphatic carbocycles. The van der Waals surface area contributed by atoms with Crippen molar-refractivity contribution in [1.29, 1.82) is 0 Å². The number of rotatable bonds is 7. The van der Waals surface area contributed by atoms with Crippen LogP contribution in [0.15, 0.2) is 29.3 Å². The van der Waals surface area contributed by atoms with Gasteiger partial charge >= 0.3 is 0 Å². The SMILES string of the molecule is CC(C)Oc1ccc(NC(=NCC(=O)NC(C)(C)C)NCC2CCS(=O)(=O)C2)cc1. The molecule has 1 amide bonds. The van der Waals surface area contributed by atoms with Gasteiger partial charge in [-0.15, -0.1) is 0 Å². The van der Waals surface area contributed by atoms with Crippen molar-refractivity contribution in [1.82, 2.24) is 10.6 Å². The number of carbonyl (C=O) groups excluding carboxylic acids is 1. The molecule has 0 spiro atoms. The third-order valence-corrected chi connectivity index (χ3v) is 6.11. The second-order valence-electron chi connectivity index (χ2n) is 8.93. The summed E-state index contributed by atoms with van der Waals surface area (Å²) in [4.78, 5) is 16.5. The molecule has 168 valence electrons. The molecular weight excluding hydrogens is 404 g/mol. The molecular formula is C21H34N4O4S. The average Bonchev–Trinajstić information content (AvgIpc) is 2.96. The first kappa shape index (κ1) is 24.0. The first-order chi connectivity index (χ1) is 13.9. The maximum absolute atomic E-state index is 12.1. The smallest absolute Gasteiger partial charge is 0.242 e. The summed E-state index contributed by atoms with van der Waals surface area (Å²) in [6.45, 7) is 10.1. The number of guanidine groups is 1. The normalized spacial score (nSPS) is 18.9. The van der Waals surface area contributed by atoms with Crippen molar-refractivity contribution in [2.24, 2.45) is 10.9 Å². The van der Waals surface area contributed by atoms with Gasteiger partial charge in [-0.05, 0) is 71.2 Å². The molecule has 9 heteroatoms. The maximum Gasteiger partial charge on any atom is 0.242 e. The Morgan fingerprint density at radius 3 is 2.43 bits per heavy atom. The number of nitrogens with zero attached hydrogens (tertiary/aromatic N) is 1. The molecule has 8 nitrogen and oxygen atoms in total. The average molecular weight is 439 g/mol. The quantitative estimate of drug-likeness (QED) is 0.445. The van der Waals surface area contributed by atoms with Crippen molar-refractivity contribution >= 4 is 27.4 Å². The number of ether oxygens (including phenoxy) is 1. The fourth-order valence-electron chi connectivity index (χ4n) is 3.05. The molecule has 1 heterocycles. The van der Waals surface area contributed by atoms with Gasteiger partial charge in [0.2, 0.25) is 5.91 Å². The Morgan fingerprint density at radius 2 is 1.90 bits per heavy atom. The lowest BCUT2D eigenvalue weighted by molar-refractivity contribution is -0.121. The molecule has 1 aromatic carbocycles. The Morgan fingerprint density at radius 1 is 1.23 bits per heavy atom. The first-order valence-electron chi connectivity index (χ1n) is 10.3. The second kappa shape index (κ2) is 10.1. The number of anilines is 1. The molecule has 0 radical (unpaired) electrons. The lowest BCUT2D eigenvalue weighted by Gasteiger charge is -2.20. The van der Waals surface area contributed by atoms with E-state index < -0.39 is 9.84 Å². The van der Waals surface area contributed by atoms with E-state index in [1.807, 2.05) is 58.9 Å². The topological polar surface area (TPSA) is 109 Å². The lowest BCUT2D eigenvalue weighted by Crippen LogP contribution is -2.42. The largest absolute Gasteiger partial charge is 0.491 e. The Bertz CT molecular complexity index is 843. The fourth-order valence-corrected chi connectivity index (χ4v) is 4.91. The number of hydrogen-bond donors (Lipinski definition) is 3. The van der Waals surface area contributed by atoms with Crippen LogP contribution in [0.5, 0.6) is 5.75 Å². The highest BCUT2D eigenvalue weighted by Crippen LogP contribution is 2.18. The summed E-state index contributed by atoms with van der Waals surface area (Å²) in [5, 5.41) is 9.23. The predicted octanol–water partition coefficient (Wildman–Crippen LogP) is 2.18. The van der Waals surface area contributed by atoms with Gasteiger partial charge in [-0.3, -0.25) is 4.79 Å². The molecule has 30 heavy (non-hydrogen) atoms. The number of sulfone groups is 1. The standard InChI is InChI=1S/C21H34N4O4S/c1-15(2)29-18-8-6-17(7-9-18)24-20(23-13-19(26)25-21(3,4)5)22-12-16-10-11-30(27,28)14-16/h6-9,15-16H,10-14H2,1-5H3,(H,25,26)(H2,22,23,24). The van der Waals surface area contributed by atoms with Crippen LogP contribution < -0.4 is 20.7 Å². The number of aliphatic imine (C=N–C) groups is 1. The zero-order valence-corrected chi connectivity index (χ0v) is 19.3. The lowest BCUT2D eigenvalue weighted by atomic mass is 10.1. The van der Waals surface area contributed by atoms with Gasteiger partial charge in [0.25, 0.3) is 0 Å². The van der Waals surface area contributed by atoms with Crippen molar-refractivity contribution in [2.45, 2.75) is 52.7 Å². The number of nitrogens with one attached hydrogen (secondary N) is 3. The van der Waals surface area contributed by atoms with E-state index in [1.165, 1.54) is 0 Å². The van der Waals surface area contributed by atoms with Gasteiger partial charge < -0.3 is 20.7 Å². The number of amides is 1. The molecule has 1 aliphatic rings. The Labute approximate surface area is 179 Å². The van der Waals surface area contributed by atoms with Gasteiger partial charge in [-0.25, -0.2) is 13.4 Å². The predicted molar refractivity (Wildman–Crippen MR) is 121 cm³/mol. The van der Waals surface area contributed by atoms with E-state index >= 15 is 0 Å². The van der Waals surface area contributed by atoms with Crippen LogP contribution in [0.1, 0.15) is 41.0 Å². The van der Waals surface area contributed by atoms with E-state index in [9.17, 15) is 13.2 Å². The van der Waals surface area contributed by atoms with E-state index in [1.54, 1.807) is 0 Å². The van der Waals surface area contributed by atoms with E-state index in [2.05, 4.69) is 20.9 Å². The maximum atomic E-state index is 12.1. The summed E-state index contributed by atoms with van der Waals surface area (Å²) in [6, 6.07) is 7.44. The molecule has 1 unspecified atom stereocenters. The van der Waals surface area contributed by atoms with Crippen molar-refractivity contribution in [3.05, 3.63) is 24.3 Å². The summed E-state index contributed by atoms with van der Waals surface area (Å²) >= 11 is 0. The van der Waals surface area contributed by atoms with Gasteiger partial charge in [-0.1, -0.05) is 0 Å². The monoisotopic (exact) mass is 438 g/mol. The van der Waals surface area contributed by atoms with E-state index in [-0.39, 0.29) is 41.5 Å². The van der Waals surface area contributed by atoms with E-state index in [0.717, 1.165) is 11.4 Å². The van der Waals surface area contributed by atoms with Crippen LogP contribution in [0.3, 0.4) is 0 Å². The van der Waals surface area contributed by atoms with Gasteiger partial charge in [-0.2, -0.15) is 0 Å². The summed E-state index contributed by atoms with van der Waals surface area (Å²) < 4.78 is 29.0. The van der Waals surface area contributed by atoms with Crippen LogP contribution in [-0.2, 0) is 14.6 Å². The van der Waals surface area contributed by atoms with Crippen LogP contribution >= 0.6 is 0 Å². The number of carbonyl (C=O) groups is 1. The Balaban J connectivity index is 2.04. The molecule has 0 saturated carbocycles. The minimum Gasteiger partial charge on any atom is -0.491 e. The van der Waals surface area contributed by atoms with Gasteiger partial charge in [0.05, 0.1) is 17.6 Å². The fraction of sp³-hybridized carbons (Fsp3) is 0.619. The van der Waals surface area contributed by atoms with Crippen LogP contribution in [0.2, 0.25) is 0 Å². The first-order valence-corrected chi connectivity index (χ1v) is 12.1. The van der Waals surface area contributed by atoms with Crippen molar-refractivity contribution in [2.75, 3.05) is 29.9 Å². The zero-order valence-electron chi connectivity index (χ0n) is 18.5. The summed E-state index contributed by atoms with van der Waals surface area (Å²) in [5.74, 6) is 1.45. The number of benzene rings is 1. The third kappa shape index (κ3) is 9.02. The highest BCUT2D eigenvalue weighted by atomic mass is 32.2. The van der Waals surface area contributed by atoms with Crippen LogP contribution in [0.25, 0.3) is 0 Å². The molecule has 1 aromatic rings.